The quantitative estimate of drug-likeness (QED) is 0.688. The van der Waals surface area contributed by atoms with E-state index < -0.39 is 0 Å². The Hall–Kier alpha value is -0.240. The first-order valence-corrected chi connectivity index (χ1v) is 4.52. The van der Waals surface area contributed by atoms with Gasteiger partial charge < -0.3 is 4.42 Å². The van der Waals surface area contributed by atoms with Crippen molar-refractivity contribution in [3.8, 4) is 0 Å². The van der Waals surface area contributed by atoms with E-state index in [2.05, 4.69) is 22.9 Å². The number of rotatable bonds is 3. The number of hydrogen-bond acceptors (Lipinski definition) is 1. The molecule has 1 rings (SSSR count). The Balaban J connectivity index is 2.40. The molecule has 0 amide bonds. The molecule has 2 heteroatoms. The van der Waals surface area contributed by atoms with Gasteiger partial charge in [-0.1, -0.05) is 22.9 Å². The molecule has 1 aromatic rings. The molecule has 0 N–H and O–H groups in total. The molecular formula is C8H11BrO. The summed E-state index contributed by atoms with van der Waals surface area (Å²) in [5.74, 6) is 0.692. The molecule has 1 aromatic heterocycles. The molecule has 0 radical (unpaired) electrons. The van der Waals surface area contributed by atoms with Crippen molar-refractivity contribution in [1.29, 1.82) is 0 Å². The molecule has 0 aromatic carbocycles. The average molecular weight is 203 g/mol. The highest BCUT2D eigenvalue weighted by Crippen LogP contribution is 2.10. The van der Waals surface area contributed by atoms with Gasteiger partial charge in [0, 0.05) is 5.33 Å². The molecule has 0 saturated carbocycles. The van der Waals surface area contributed by atoms with E-state index in [0.717, 1.165) is 11.8 Å². The lowest BCUT2D eigenvalue weighted by molar-refractivity contribution is 0.558. The Bertz CT molecular complexity index is 169. The third-order valence-electron chi connectivity index (χ3n) is 1.43. The molecule has 0 aliphatic carbocycles. The number of alkyl halides is 1. The third kappa shape index (κ3) is 2.18. The fourth-order valence-corrected chi connectivity index (χ4v) is 1.09. The summed E-state index contributed by atoms with van der Waals surface area (Å²) in [6.45, 7) is 2.21. The van der Waals surface area contributed by atoms with Gasteiger partial charge in [0.15, 0.2) is 0 Å². The summed E-state index contributed by atoms with van der Waals surface area (Å²) in [5.41, 5.74) is 1.28. The largest absolute Gasteiger partial charge is 0.472 e. The highest BCUT2D eigenvalue weighted by molar-refractivity contribution is 9.09. The maximum absolute atomic E-state index is 4.94. The van der Waals surface area contributed by atoms with Crippen LogP contribution in [0.15, 0.2) is 23.0 Å². The summed E-state index contributed by atoms with van der Waals surface area (Å²) in [5, 5.41) is 1.05. The van der Waals surface area contributed by atoms with E-state index in [1.807, 2.05) is 6.07 Å². The molecular weight excluding hydrogens is 192 g/mol. The van der Waals surface area contributed by atoms with Crippen LogP contribution < -0.4 is 0 Å². The van der Waals surface area contributed by atoms with E-state index in [4.69, 9.17) is 4.42 Å². The molecule has 10 heavy (non-hydrogen) atoms. The van der Waals surface area contributed by atoms with Crippen molar-refractivity contribution in [3.63, 3.8) is 0 Å². The maximum Gasteiger partial charge on any atom is 0.0934 e. The molecule has 56 valence electrons. The van der Waals surface area contributed by atoms with Crippen LogP contribution in [0.2, 0.25) is 0 Å². The predicted octanol–water partition coefficient (Wildman–Crippen LogP) is 2.85. The summed E-state index contributed by atoms with van der Waals surface area (Å²) in [6, 6.07) is 2.01. The van der Waals surface area contributed by atoms with E-state index in [9.17, 15) is 0 Å². The normalized spacial score (nSPS) is 13.4. The lowest BCUT2D eigenvalue weighted by Gasteiger charge is -2.02. The van der Waals surface area contributed by atoms with E-state index in [-0.39, 0.29) is 0 Å². The van der Waals surface area contributed by atoms with Crippen LogP contribution in [0, 0.1) is 5.92 Å². The highest BCUT2D eigenvalue weighted by Gasteiger charge is 2.01. The second kappa shape index (κ2) is 3.81. The maximum atomic E-state index is 4.94. The van der Waals surface area contributed by atoms with Gasteiger partial charge in [0.25, 0.3) is 0 Å². The van der Waals surface area contributed by atoms with E-state index in [0.29, 0.717) is 5.92 Å². The second-order valence-corrected chi connectivity index (χ2v) is 3.24. The van der Waals surface area contributed by atoms with Gasteiger partial charge in [0.2, 0.25) is 0 Å². The number of halogens is 1. The second-order valence-electron chi connectivity index (χ2n) is 2.60. The first-order valence-electron chi connectivity index (χ1n) is 3.40. The fraction of sp³-hybridized carbons (Fsp3) is 0.500. The lowest BCUT2D eigenvalue weighted by Crippen LogP contribution is -1.98. The standard InChI is InChI=1S/C8H11BrO/c1-7(5-9)4-8-2-3-10-6-8/h2-3,6-7H,4-5H2,1H3. The van der Waals surface area contributed by atoms with Crippen molar-refractivity contribution in [1.82, 2.24) is 0 Å². The van der Waals surface area contributed by atoms with Crippen LogP contribution in [-0.4, -0.2) is 5.33 Å². The van der Waals surface area contributed by atoms with Gasteiger partial charge in [-0.2, -0.15) is 0 Å². The van der Waals surface area contributed by atoms with E-state index in [1.165, 1.54) is 5.56 Å². The highest BCUT2D eigenvalue weighted by atomic mass is 79.9. The minimum Gasteiger partial charge on any atom is -0.472 e. The Kier molecular flexibility index (Phi) is 3.00. The molecule has 0 bridgehead atoms. The molecule has 1 heterocycles. The first-order chi connectivity index (χ1) is 4.83. The molecule has 1 unspecified atom stereocenters. The van der Waals surface area contributed by atoms with Gasteiger partial charge in [-0.05, 0) is 24.0 Å². The van der Waals surface area contributed by atoms with Crippen LogP contribution in [0.3, 0.4) is 0 Å². The van der Waals surface area contributed by atoms with Crippen LogP contribution in [0.1, 0.15) is 12.5 Å². The predicted molar refractivity (Wildman–Crippen MR) is 45.4 cm³/mol. The van der Waals surface area contributed by atoms with Crippen LogP contribution in [0.4, 0.5) is 0 Å². The number of hydrogen-bond donors (Lipinski definition) is 0. The fourth-order valence-electron chi connectivity index (χ4n) is 0.866. The first kappa shape index (κ1) is 7.86. The summed E-state index contributed by atoms with van der Waals surface area (Å²) >= 11 is 3.43. The molecule has 0 saturated heterocycles. The Morgan fingerprint density at radius 3 is 3.00 bits per heavy atom. The molecule has 1 atom stereocenters. The van der Waals surface area contributed by atoms with Crippen molar-refractivity contribution >= 4 is 15.9 Å². The smallest absolute Gasteiger partial charge is 0.0934 e. The summed E-state index contributed by atoms with van der Waals surface area (Å²) < 4.78 is 4.94. The zero-order valence-electron chi connectivity index (χ0n) is 6.01. The zero-order chi connectivity index (χ0) is 7.40. The van der Waals surface area contributed by atoms with Gasteiger partial charge in [0.1, 0.15) is 0 Å². The minimum absolute atomic E-state index is 0.692. The van der Waals surface area contributed by atoms with Crippen LogP contribution in [0.5, 0.6) is 0 Å². The van der Waals surface area contributed by atoms with Crippen molar-refractivity contribution in [3.05, 3.63) is 24.2 Å². The number of furan rings is 1. The van der Waals surface area contributed by atoms with E-state index in [1.54, 1.807) is 12.5 Å². The lowest BCUT2D eigenvalue weighted by atomic mass is 10.1. The van der Waals surface area contributed by atoms with Gasteiger partial charge in [-0.15, -0.1) is 0 Å². The van der Waals surface area contributed by atoms with Gasteiger partial charge in [-0.25, -0.2) is 0 Å². The van der Waals surface area contributed by atoms with Gasteiger partial charge in [0.05, 0.1) is 12.5 Å². The monoisotopic (exact) mass is 202 g/mol. The van der Waals surface area contributed by atoms with Crippen LogP contribution in [0.25, 0.3) is 0 Å². The minimum atomic E-state index is 0.692. The summed E-state index contributed by atoms with van der Waals surface area (Å²) in [6.07, 6.45) is 4.62. The van der Waals surface area contributed by atoms with Crippen molar-refractivity contribution in [2.24, 2.45) is 5.92 Å². The summed E-state index contributed by atoms with van der Waals surface area (Å²) in [7, 11) is 0. The third-order valence-corrected chi connectivity index (χ3v) is 2.53. The molecule has 0 spiro atoms. The van der Waals surface area contributed by atoms with Crippen molar-refractivity contribution in [2.45, 2.75) is 13.3 Å². The van der Waals surface area contributed by atoms with E-state index >= 15 is 0 Å². The summed E-state index contributed by atoms with van der Waals surface area (Å²) in [4.78, 5) is 0. The Labute approximate surface area is 69.6 Å². The molecule has 0 aliphatic heterocycles. The molecule has 0 aliphatic rings. The van der Waals surface area contributed by atoms with Crippen molar-refractivity contribution < 1.29 is 4.42 Å². The molecule has 0 fully saturated rings. The van der Waals surface area contributed by atoms with Crippen molar-refractivity contribution in [2.75, 3.05) is 5.33 Å². The van der Waals surface area contributed by atoms with Gasteiger partial charge in [-0.3, -0.25) is 0 Å². The van der Waals surface area contributed by atoms with Gasteiger partial charge >= 0.3 is 0 Å². The van der Waals surface area contributed by atoms with Crippen LogP contribution in [-0.2, 0) is 6.42 Å². The van der Waals surface area contributed by atoms with Crippen LogP contribution >= 0.6 is 15.9 Å². The zero-order valence-corrected chi connectivity index (χ0v) is 7.60. The molecule has 1 nitrogen and oxygen atoms in total. The SMILES string of the molecule is CC(CBr)Cc1ccoc1. The average Bonchev–Trinajstić information content (AvgIpc) is 2.40. The Morgan fingerprint density at radius 1 is 1.70 bits per heavy atom. The topological polar surface area (TPSA) is 13.1 Å². The Morgan fingerprint density at radius 2 is 2.50 bits per heavy atom.